The van der Waals surface area contributed by atoms with Gasteiger partial charge in [0.1, 0.15) is 5.82 Å². The minimum atomic E-state index is -0.202. The van der Waals surface area contributed by atoms with Gasteiger partial charge < -0.3 is 10.6 Å². The molecule has 3 rings (SSSR count). The summed E-state index contributed by atoms with van der Waals surface area (Å²) in [7, 11) is 0. The molecule has 1 saturated carbocycles. The Balaban J connectivity index is 1.53. The molecule has 4 atom stereocenters. The van der Waals surface area contributed by atoms with Crippen molar-refractivity contribution in [3.8, 4) is 0 Å². The van der Waals surface area contributed by atoms with Crippen molar-refractivity contribution in [1.29, 1.82) is 0 Å². The lowest BCUT2D eigenvalue weighted by Crippen LogP contribution is -2.39. The summed E-state index contributed by atoms with van der Waals surface area (Å²) in [6.07, 6.45) is 6.26. The van der Waals surface area contributed by atoms with Crippen molar-refractivity contribution < 1.29 is 9.18 Å². The van der Waals surface area contributed by atoms with Crippen LogP contribution in [-0.4, -0.2) is 25.0 Å². The maximum atomic E-state index is 13.1. The number of hydrogen-bond acceptors (Lipinski definition) is 2. The summed E-state index contributed by atoms with van der Waals surface area (Å²) in [5.74, 6) is 1.32. The summed E-state index contributed by atoms with van der Waals surface area (Å²) in [4.78, 5) is 12.5. The molecule has 1 heterocycles. The van der Waals surface area contributed by atoms with Gasteiger partial charge in [-0.15, -0.1) is 0 Å². The predicted molar refractivity (Wildman–Crippen MR) is 94.3 cm³/mol. The second-order valence-corrected chi connectivity index (χ2v) is 7.55. The average molecular weight is 332 g/mol. The van der Waals surface area contributed by atoms with Gasteiger partial charge in [0.05, 0.1) is 0 Å². The zero-order valence-corrected chi connectivity index (χ0v) is 14.6. The fourth-order valence-electron chi connectivity index (χ4n) is 4.33. The van der Waals surface area contributed by atoms with Crippen LogP contribution in [0.4, 0.5) is 4.39 Å². The van der Waals surface area contributed by atoms with Gasteiger partial charge in [-0.25, -0.2) is 4.39 Å². The lowest BCUT2D eigenvalue weighted by atomic mass is 9.85. The molecule has 1 saturated heterocycles. The highest BCUT2D eigenvalue weighted by atomic mass is 19.1. The summed E-state index contributed by atoms with van der Waals surface area (Å²) < 4.78 is 13.1. The first-order valence-electron chi connectivity index (χ1n) is 9.39. The number of carbonyl (C=O) groups excluding carboxylic acids is 1. The number of hydrogen-bond donors (Lipinski definition) is 2. The molecule has 24 heavy (non-hydrogen) atoms. The molecule has 0 radical (unpaired) electrons. The summed E-state index contributed by atoms with van der Waals surface area (Å²) in [6, 6.07) is 6.95. The van der Waals surface area contributed by atoms with Crippen LogP contribution in [0.15, 0.2) is 24.3 Å². The van der Waals surface area contributed by atoms with Crippen LogP contribution in [0.25, 0.3) is 0 Å². The molecule has 3 nitrogen and oxygen atoms in total. The number of piperidine rings is 1. The van der Waals surface area contributed by atoms with Gasteiger partial charge in [0.15, 0.2) is 0 Å². The molecule has 2 fully saturated rings. The van der Waals surface area contributed by atoms with Crippen LogP contribution in [0.5, 0.6) is 0 Å². The Morgan fingerprint density at radius 2 is 2.04 bits per heavy atom. The topological polar surface area (TPSA) is 41.1 Å². The highest BCUT2D eigenvalue weighted by molar-refractivity contribution is 5.76. The van der Waals surface area contributed by atoms with Gasteiger partial charge in [-0.1, -0.05) is 25.5 Å². The second-order valence-electron chi connectivity index (χ2n) is 7.55. The number of carbonyl (C=O) groups is 1. The smallest absolute Gasteiger partial charge is 0.220 e. The molecule has 132 valence electrons. The normalized spacial score (nSPS) is 28.5. The number of amides is 1. The van der Waals surface area contributed by atoms with E-state index in [9.17, 15) is 9.18 Å². The minimum Gasteiger partial charge on any atom is -0.353 e. The maximum absolute atomic E-state index is 13.1. The van der Waals surface area contributed by atoms with Crippen molar-refractivity contribution in [3.05, 3.63) is 35.6 Å². The molecular weight excluding hydrogens is 303 g/mol. The number of benzene rings is 1. The van der Waals surface area contributed by atoms with Gasteiger partial charge in [0, 0.05) is 18.4 Å². The molecule has 0 aromatic heterocycles. The van der Waals surface area contributed by atoms with Crippen molar-refractivity contribution in [2.24, 2.45) is 11.8 Å². The van der Waals surface area contributed by atoms with Crippen LogP contribution in [0, 0.1) is 17.7 Å². The SMILES string of the molecule is C[C@H](CC(=O)N[C@@H]1CCC[C@@H]1c1ccc(F)cc1)[C@H]1CCCNC1. The molecule has 0 unspecified atom stereocenters. The van der Waals surface area contributed by atoms with Crippen molar-refractivity contribution in [1.82, 2.24) is 10.6 Å². The highest BCUT2D eigenvalue weighted by Gasteiger charge is 2.30. The Bertz CT molecular complexity index is 539. The van der Waals surface area contributed by atoms with Gasteiger partial charge in [-0.05, 0) is 68.3 Å². The molecule has 2 aliphatic rings. The van der Waals surface area contributed by atoms with Crippen molar-refractivity contribution in [2.45, 2.75) is 57.4 Å². The van der Waals surface area contributed by atoms with E-state index < -0.39 is 0 Å². The number of nitrogens with one attached hydrogen (secondary N) is 2. The lowest BCUT2D eigenvalue weighted by molar-refractivity contribution is -0.123. The summed E-state index contributed by atoms with van der Waals surface area (Å²) in [6.45, 7) is 4.34. The van der Waals surface area contributed by atoms with Gasteiger partial charge in [-0.3, -0.25) is 4.79 Å². The van der Waals surface area contributed by atoms with Crippen molar-refractivity contribution in [3.63, 3.8) is 0 Å². The van der Waals surface area contributed by atoms with E-state index >= 15 is 0 Å². The van der Waals surface area contributed by atoms with E-state index in [2.05, 4.69) is 17.6 Å². The Labute approximate surface area is 144 Å². The molecule has 1 aromatic rings. The fraction of sp³-hybridized carbons (Fsp3) is 0.650. The van der Waals surface area contributed by atoms with E-state index in [1.165, 1.54) is 25.0 Å². The summed E-state index contributed by atoms with van der Waals surface area (Å²) >= 11 is 0. The van der Waals surface area contributed by atoms with E-state index in [4.69, 9.17) is 0 Å². The van der Waals surface area contributed by atoms with Crippen molar-refractivity contribution in [2.75, 3.05) is 13.1 Å². The van der Waals surface area contributed by atoms with Crippen molar-refractivity contribution >= 4 is 5.91 Å². The zero-order chi connectivity index (χ0) is 16.9. The second kappa shape index (κ2) is 8.11. The van der Waals surface area contributed by atoms with E-state index in [-0.39, 0.29) is 17.8 Å². The van der Waals surface area contributed by atoms with Crippen LogP contribution < -0.4 is 10.6 Å². The van der Waals surface area contributed by atoms with Crippen LogP contribution >= 0.6 is 0 Å². The Kier molecular flexibility index (Phi) is 5.88. The summed E-state index contributed by atoms with van der Waals surface area (Å²) in [5.41, 5.74) is 1.14. The highest BCUT2D eigenvalue weighted by Crippen LogP contribution is 2.35. The number of rotatable bonds is 5. The number of halogens is 1. The molecule has 4 heteroatoms. The Morgan fingerprint density at radius 3 is 2.75 bits per heavy atom. The van der Waals surface area contributed by atoms with Gasteiger partial charge >= 0.3 is 0 Å². The van der Waals surface area contributed by atoms with Crippen LogP contribution in [-0.2, 0) is 4.79 Å². The standard InChI is InChI=1S/C20H29FN2O/c1-14(16-4-3-11-22-13-16)12-20(24)23-19-6-2-5-18(19)15-7-9-17(21)10-8-15/h7-10,14,16,18-19,22H,2-6,11-13H2,1H3,(H,23,24)/t14-,16+,18-,19-/m1/s1. The Morgan fingerprint density at radius 1 is 1.25 bits per heavy atom. The molecule has 1 aliphatic carbocycles. The molecular formula is C20H29FN2O. The first kappa shape index (κ1) is 17.4. The van der Waals surface area contributed by atoms with Gasteiger partial charge in [0.25, 0.3) is 0 Å². The first-order valence-corrected chi connectivity index (χ1v) is 9.39. The fourth-order valence-corrected chi connectivity index (χ4v) is 4.33. The zero-order valence-electron chi connectivity index (χ0n) is 14.6. The molecule has 2 N–H and O–H groups in total. The molecule has 1 aromatic carbocycles. The van der Waals surface area contributed by atoms with E-state index in [0.717, 1.165) is 37.9 Å². The quantitative estimate of drug-likeness (QED) is 0.865. The van der Waals surface area contributed by atoms with Crippen LogP contribution in [0.1, 0.15) is 56.9 Å². The average Bonchev–Trinajstić information content (AvgIpc) is 3.04. The lowest BCUT2D eigenvalue weighted by Gasteiger charge is -2.29. The Hall–Kier alpha value is -1.42. The monoisotopic (exact) mass is 332 g/mol. The maximum Gasteiger partial charge on any atom is 0.220 e. The van der Waals surface area contributed by atoms with E-state index in [0.29, 0.717) is 24.2 Å². The van der Waals surface area contributed by atoms with Gasteiger partial charge in [-0.2, -0.15) is 0 Å². The van der Waals surface area contributed by atoms with Crippen LogP contribution in [0.2, 0.25) is 0 Å². The predicted octanol–water partition coefficient (Wildman–Crippen LogP) is 3.60. The van der Waals surface area contributed by atoms with Gasteiger partial charge in [0.2, 0.25) is 5.91 Å². The molecule has 0 spiro atoms. The third-order valence-electron chi connectivity index (χ3n) is 5.81. The summed E-state index contributed by atoms with van der Waals surface area (Å²) in [5, 5.41) is 6.69. The minimum absolute atomic E-state index is 0.173. The third kappa shape index (κ3) is 4.35. The molecule has 1 aliphatic heterocycles. The van der Waals surface area contributed by atoms with E-state index in [1.807, 2.05) is 12.1 Å². The molecule has 0 bridgehead atoms. The largest absolute Gasteiger partial charge is 0.353 e. The van der Waals surface area contributed by atoms with E-state index in [1.54, 1.807) is 0 Å². The molecule has 1 amide bonds. The third-order valence-corrected chi connectivity index (χ3v) is 5.81. The first-order chi connectivity index (χ1) is 11.6. The van der Waals surface area contributed by atoms with Crippen LogP contribution in [0.3, 0.4) is 0 Å².